The third-order valence-electron chi connectivity index (χ3n) is 9.53. The van der Waals surface area contributed by atoms with Crippen LogP contribution in [0.1, 0.15) is 47.9 Å². The summed E-state index contributed by atoms with van der Waals surface area (Å²) < 4.78 is 0. The van der Waals surface area contributed by atoms with Crippen molar-refractivity contribution in [2.45, 2.75) is 51.4 Å². The molecule has 9 rings (SSSR count). The monoisotopic (exact) mass is 819 g/mol. The van der Waals surface area contributed by atoms with E-state index >= 15 is 0 Å². The van der Waals surface area contributed by atoms with Gasteiger partial charge in [0.1, 0.15) is 5.82 Å². The van der Waals surface area contributed by atoms with Gasteiger partial charge in [-0.3, -0.25) is 4.98 Å². The summed E-state index contributed by atoms with van der Waals surface area (Å²) in [4.78, 5) is 8.37. The second kappa shape index (κ2) is 14.8. The van der Waals surface area contributed by atoms with Crippen LogP contribution in [0.15, 0.2) is 97.3 Å². The molecule has 0 saturated heterocycles. The van der Waals surface area contributed by atoms with Gasteiger partial charge in [0.15, 0.2) is 0 Å². The van der Waals surface area contributed by atoms with E-state index in [2.05, 4.69) is 122 Å². The van der Waals surface area contributed by atoms with Crippen LogP contribution in [0.2, 0.25) is 0 Å². The van der Waals surface area contributed by atoms with Gasteiger partial charge in [-0.15, -0.1) is 56.8 Å². The van der Waals surface area contributed by atoms with E-state index in [1.165, 1.54) is 59.3 Å². The quantitative estimate of drug-likeness (QED) is 0.166. The standard InChI is InChI=1S/C22H21N4.C19H15N3.Ir/c1-3-11-17-15(7-1)9-5-13-19(17)21-23-25-22(26-24-21)20-14-6-10-16-8-2-4-12-18(16)20;1-21-14-22(19-8-3-2-7-18(19)21)17-6-4-5-16(13-17)15-9-11-20-12-10-15;/h5-6,9-10,13H,1-4,7-8,11-12H2;2-5,7-14H,1H3;/q-1;-2;+3. The third kappa shape index (κ3) is 6.76. The molecule has 0 N–H and O–H groups in total. The van der Waals surface area contributed by atoms with Crippen molar-refractivity contribution in [3.63, 3.8) is 0 Å². The first-order valence-corrected chi connectivity index (χ1v) is 16.8. The van der Waals surface area contributed by atoms with E-state index in [0.29, 0.717) is 11.6 Å². The van der Waals surface area contributed by atoms with Crippen LogP contribution in [0.4, 0.5) is 17.1 Å². The molecule has 0 atom stereocenters. The number of aromatic nitrogens is 5. The number of hydrogen-bond donors (Lipinski definition) is 0. The average molecular weight is 819 g/mol. The summed E-state index contributed by atoms with van der Waals surface area (Å²) in [7, 11) is 2.06. The Balaban J connectivity index is 0.000000153. The van der Waals surface area contributed by atoms with Gasteiger partial charge in [0.2, 0.25) is 5.82 Å². The molecule has 3 heterocycles. The number of aryl methyl sites for hydroxylation is 2. The minimum absolute atomic E-state index is 0. The number of benzene rings is 4. The molecular formula is C41H36IrN7. The van der Waals surface area contributed by atoms with E-state index in [1.807, 2.05) is 36.7 Å². The van der Waals surface area contributed by atoms with E-state index in [4.69, 9.17) is 0 Å². The SMILES string of the molecule is CN1[CH-]N(c2[c-]ccc(-c3ccncc3)c2)c2ccccc21.[Ir+3].[c-]1ccc2c(c1-c1nnc(-c3cccc4c3CCCC4)nn1)CCCC2. The molecule has 4 aromatic carbocycles. The summed E-state index contributed by atoms with van der Waals surface area (Å²) >= 11 is 0. The molecule has 0 unspecified atom stereocenters. The van der Waals surface area contributed by atoms with Crippen LogP contribution in [0.25, 0.3) is 33.9 Å². The first-order valence-electron chi connectivity index (χ1n) is 16.8. The maximum atomic E-state index is 4.44. The summed E-state index contributed by atoms with van der Waals surface area (Å²) in [5.41, 5.74) is 13.3. The van der Waals surface area contributed by atoms with Gasteiger partial charge in [0.05, 0.1) is 0 Å². The fourth-order valence-electron chi connectivity index (χ4n) is 7.11. The summed E-state index contributed by atoms with van der Waals surface area (Å²) in [6.45, 7) is 2.09. The molecule has 49 heavy (non-hydrogen) atoms. The Morgan fingerprint density at radius 1 is 0.633 bits per heavy atom. The van der Waals surface area contributed by atoms with E-state index in [-0.39, 0.29) is 20.1 Å². The van der Waals surface area contributed by atoms with Crippen LogP contribution in [0, 0.1) is 18.8 Å². The molecule has 244 valence electrons. The fraction of sp³-hybridized carbons (Fsp3) is 0.220. The Labute approximate surface area is 301 Å². The fourth-order valence-corrected chi connectivity index (χ4v) is 7.11. The summed E-state index contributed by atoms with van der Waals surface area (Å²) in [5.74, 6) is 1.23. The van der Waals surface area contributed by atoms with Gasteiger partial charge in [-0.1, -0.05) is 55.2 Å². The number of nitrogens with zero attached hydrogens (tertiary/aromatic N) is 7. The second-order valence-corrected chi connectivity index (χ2v) is 12.5. The molecule has 2 aromatic heterocycles. The van der Waals surface area contributed by atoms with Crippen LogP contribution >= 0.6 is 0 Å². The first-order chi connectivity index (χ1) is 23.7. The largest absolute Gasteiger partial charge is 3.00 e. The number of hydrogen-bond acceptors (Lipinski definition) is 7. The van der Waals surface area contributed by atoms with Gasteiger partial charge in [0.25, 0.3) is 0 Å². The van der Waals surface area contributed by atoms with Crippen molar-refractivity contribution in [3.05, 3.63) is 138 Å². The zero-order chi connectivity index (χ0) is 32.3. The van der Waals surface area contributed by atoms with Crippen LogP contribution < -0.4 is 9.80 Å². The smallest absolute Gasteiger partial charge is 0.504 e. The molecule has 0 amide bonds. The first kappa shape index (κ1) is 32.8. The van der Waals surface area contributed by atoms with E-state index in [1.54, 1.807) is 0 Å². The number of pyridine rings is 1. The van der Waals surface area contributed by atoms with Crippen molar-refractivity contribution >= 4 is 17.1 Å². The van der Waals surface area contributed by atoms with Gasteiger partial charge < -0.3 is 9.80 Å². The maximum absolute atomic E-state index is 4.44. The molecule has 1 aliphatic heterocycles. The van der Waals surface area contributed by atoms with Gasteiger partial charge in [0, 0.05) is 29.3 Å². The van der Waals surface area contributed by atoms with Crippen molar-refractivity contribution in [2.24, 2.45) is 0 Å². The van der Waals surface area contributed by atoms with Gasteiger partial charge in [-0.05, 0) is 80.1 Å². The second-order valence-electron chi connectivity index (χ2n) is 12.5. The van der Waals surface area contributed by atoms with Crippen molar-refractivity contribution in [1.29, 1.82) is 0 Å². The summed E-state index contributed by atoms with van der Waals surface area (Å²) in [5, 5.41) is 17.7. The number of fused-ring (bicyclic) bond motifs is 3. The molecular weight excluding hydrogens is 783 g/mol. The Bertz CT molecular complexity index is 1970. The van der Waals surface area contributed by atoms with Crippen LogP contribution in [0.5, 0.6) is 0 Å². The predicted octanol–water partition coefficient (Wildman–Crippen LogP) is 8.41. The number of rotatable bonds is 4. The molecule has 0 fully saturated rings. The van der Waals surface area contributed by atoms with Crippen molar-refractivity contribution in [3.8, 4) is 33.9 Å². The zero-order valence-corrected chi connectivity index (χ0v) is 29.8. The molecule has 0 spiro atoms. The molecule has 0 radical (unpaired) electrons. The van der Waals surface area contributed by atoms with E-state index < -0.39 is 0 Å². The predicted molar refractivity (Wildman–Crippen MR) is 190 cm³/mol. The Morgan fingerprint density at radius 3 is 2.10 bits per heavy atom. The number of para-hydroxylation sites is 2. The minimum atomic E-state index is 0. The normalized spacial score (nSPS) is 14.5. The minimum Gasteiger partial charge on any atom is -0.504 e. The number of anilines is 3. The zero-order valence-electron chi connectivity index (χ0n) is 27.4. The van der Waals surface area contributed by atoms with Crippen LogP contribution in [0.3, 0.4) is 0 Å². The molecule has 3 aliphatic rings. The van der Waals surface area contributed by atoms with Crippen molar-refractivity contribution in [1.82, 2.24) is 25.4 Å². The average Bonchev–Trinajstić information content (AvgIpc) is 3.51. The Kier molecular flexibility index (Phi) is 9.87. The molecule has 0 bridgehead atoms. The van der Waals surface area contributed by atoms with Crippen molar-refractivity contribution in [2.75, 3.05) is 16.8 Å². The maximum Gasteiger partial charge on any atom is 3.00 e. The van der Waals surface area contributed by atoms with Crippen molar-refractivity contribution < 1.29 is 20.1 Å². The van der Waals surface area contributed by atoms with E-state index in [9.17, 15) is 0 Å². The molecule has 7 nitrogen and oxygen atoms in total. The Hall–Kier alpha value is -4.78. The summed E-state index contributed by atoms with van der Waals surface area (Å²) in [6, 6.07) is 35.8. The molecule has 0 saturated carbocycles. The summed E-state index contributed by atoms with van der Waals surface area (Å²) in [6.07, 6.45) is 13.0. The molecule has 6 aromatic rings. The van der Waals surface area contributed by atoms with E-state index in [0.717, 1.165) is 53.6 Å². The van der Waals surface area contributed by atoms with Gasteiger partial charge >= 0.3 is 20.1 Å². The third-order valence-corrected chi connectivity index (χ3v) is 9.53. The van der Waals surface area contributed by atoms with Crippen LogP contribution in [-0.2, 0) is 45.8 Å². The molecule has 2 aliphatic carbocycles. The molecule has 8 heteroatoms. The topological polar surface area (TPSA) is 70.9 Å². The van der Waals surface area contributed by atoms with Gasteiger partial charge in [-0.25, -0.2) is 0 Å². The van der Waals surface area contributed by atoms with Crippen LogP contribution in [-0.4, -0.2) is 32.4 Å². The Morgan fingerprint density at radius 2 is 1.31 bits per heavy atom. The van der Waals surface area contributed by atoms with Gasteiger partial charge in [-0.2, -0.15) is 35.1 Å².